The van der Waals surface area contributed by atoms with Crippen molar-refractivity contribution in [3.63, 3.8) is 0 Å². The third kappa shape index (κ3) is 3.34. The van der Waals surface area contributed by atoms with Crippen molar-refractivity contribution in [2.45, 2.75) is 26.4 Å². The first-order valence-electron chi connectivity index (χ1n) is 8.03. The van der Waals surface area contributed by atoms with Crippen LogP contribution in [0.1, 0.15) is 19.4 Å². The van der Waals surface area contributed by atoms with Crippen LogP contribution in [0, 0.1) is 23.1 Å². The van der Waals surface area contributed by atoms with Gasteiger partial charge in [0.2, 0.25) is 6.79 Å². The molecule has 1 fully saturated rings. The van der Waals surface area contributed by atoms with Crippen molar-refractivity contribution >= 4 is 5.97 Å². The Labute approximate surface area is 145 Å². The molecular formula is C18H21FO6. The quantitative estimate of drug-likeness (QED) is 0.367. The van der Waals surface area contributed by atoms with E-state index in [4.69, 9.17) is 9.47 Å². The summed E-state index contributed by atoms with van der Waals surface area (Å²) in [6.45, 7) is 4.08. The predicted octanol–water partition coefficient (Wildman–Crippen LogP) is 2.96. The van der Waals surface area contributed by atoms with E-state index in [1.54, 1.807) is 12.1 Å². The Balaban J connectivity index is 1.75. The molecule has 3 unspecified atom stereocenters. The maximum Gasteiger partial charge on any atom is 0.330 e. The lowest BCUT2D eigenvalue weighted by atomic mass is 9.99. The summed E-state index contributed by atoms with van der Waals surface area (Å²) in [4.78, 5) is 15.9. The van der Waals surface area contributed by atoms with E-state index in [0.717, 1.165) is 0 Å². The van der Waals surface area contributed by atoms with Gasteiger partial charge in [0.1, 0.15) is 11.9 Å². The highest BCUT2D eigenvalue weighted by atomic mass is 19.1. The topological polar surface area (TPSA) is 74.2 Å². The van der Waals surface area contributed by atoms with E-state index in [9.17, 15) is 14.4 Å². The summed E-state index contributed by atoms with van der Waals surface area (Å²) >= 11 is 0. The zero-order chi connectivity index (χ0) is 18.2. The number of carbonyl (C=O) groups is 1. The zero-order valence-corrected chi connectivity index (χ0v) is 14.3. The lowest BCUT2D eigenvalue weighted by Crippen LogP contribution is -2.20. The van der Waals surface area contributed by atoms with Gasteiger partial charge in [0, 0.05) is 24.5 Å². The second-order valence-electron chi connectivity index (χ2n) is 6.90. The second-order valence-corrected chi connectivity index (χ2v) is 6.90. The van der Waals surface area contributed by atoms with E-state index in [1.807, 2.05) is 13.8 Å². The summed E-state index contributed by atoms with van der Waals surface area (Å²) in [5.74, 6) is -0.0844. The number of allylic oxidation sites excluding steroid dienone is 1. The lowest BCUT2D eigenvalue weighted by molar-refractivity contribution is -0.285. The number of ether oxygens (including phenoxy) is 3. The van der Waals surface area contributed by atoms with Gasteiger partial charge in [-0.1, -0.05) is 19.9 Å². The number of hydrogen-bond acceptors (Lipinski definition) is 6. The van der Waals surface area contributed by atoms with E-state index >= 15 is 0 Å². The minimum atomic E-state index is -0.614. The van der Waals surface area contributed by atoms with Crippen molar-refractivity contribution in [3.8, 4) is 11.5 Å². The lowest BCUT2D eigenvalue weighted by Gasteiger charge is -2.16. The van der Waals surface area contributed by atoms with Gasteiger partial charge in [-0.2, -0.15) is 0 Å². The van der Waals surface area contributed by atoms with Crippen molar-refractivity contribution in [2.75, 3.05) is 13.9 Å². The fourth-order valence-electron chi connectivity index (χ4n) is 3.61. The van der Waals surface area contributed by atoms with Gasteiger partial charge >= 0.3 is 5.97 Å². The molecule has 1 aromatic carbocycles. The summed E-state index contributed by atoms with van der Waals surface area (Å²) in [5, 5.41) is 9.36. The van der Waals surface area contributed by atoms with Gasteiger partial charge in [-0.05, 0) is 23.0 Å². The number of rotatable bonds is 6. The van der Waals surface area contributed by atoms with Crippen molar-refractivity contribution in [1.29, 1.82) is 0 Å². The smallest absolute Gasteiger partial charge is 0.330 e. The number of halogens is 1. The minimum absolute atomic E-state index is 0.0146. The molecule has 136 valence electrons. The van der Waals surface area contributed by atoms with Crippen molar-refractivity contribution < 1.29 is 33.5 Å². The highest BCUT2D eigenvalue weighted by Crippen LogP contribution is 2.61. The van der Waals surface area contributed by atoms with Crippen LogP contribution in [0.2, 0.25) is 0 Å². The van der Waals surface area contributed by atoms with Gasteiger partial charge in [-0.3, -0.25) is 5.26 Å². The number of fused-ring (bicyclic) bond motifs is 1. The van der Waals surface area contributed by atoms with Crippen molar-refractivity contribution in [1.82, 2.24) is 0 Å². The van der Waals surface area contributed by atoms with Crippen LogP contribution in [0.4, 0.5) is 4.39 Å². The minimum Gasteiger partial charge on any atom is -0.466 e. The molecule has 0 radical (unpaired) electrons. The van der Waals surface area contributed by atoms with Gasteiger partial charge in [0.05, 0.1) is 7.11 Å². The van der Waals surface area contributed by atoms with Crippen LogP contribution in [-0.4, -0.2) is 31.2 Å². The fraction of sp³-hybridized carbons (Fsp3) is 0.500. The summed E-state index contributed by atoms with van der Waals surface area (Å²) in [5.41, 5.74) is 0.187. The molecule has 25 heavy (non-hydrogen) atoms. The van der Waals surface area contributed by atoms with Crippen LogP contribution >= 0.6 is 0 Å². The molecule has 6 nitrogen and oxygen atoms in total. The molecule has 0 spiro atoms. The highest BCUT2D eigenvalue weighted by molar-refractivity contribution is 5.81. The maximum absolute atomic E-state index is 14.3. The third-order valence-corrected chi connectivity index (χ3v) is 5.14. The fourth-order valence-corrected chi connectivity index (χ4v) is 3.61. The monoisotopic (exact) mass is 352 g/mol. The first-order valence-corrected chi connectivity index (χ1v) is 8.03. The van der Waals surface area contributed by atoms with Crippen molar-refractivity contribution in [3.05, 3.63) is 35.7 Å². The Morgan fingerprint density at radius 1 is 1.44 bits per heavy atom. The Morgan fingerprint density at radius 3 is 2.76 bits per heavy atom. The second kappa shape index (κ2) is 6.65. The Hall–Kier alpha value is -2.12. The van der Waals surface area contributed by atoms with E-state index < -0.39 is 17.9 Å². The van der Waals surface area contributed by atoms with Crippen LogP contribution in [-0.2, 0) is 20.8 Å². The molecule has 1 N–H and O–H groups in total. The summed E-state index contributed by atoms with van der Waals surface area (Å²) in [6.07, 6.45) is 2.67. The number of esters is 1. The molecule has 0 saturated heterocycles. The Kier molecular flexibility index (Phi) is 4.71. The van der Waals surface area contributed by atoms with Gasteiger partial charge in [-0.15, -0.1) is 0 Å². The Morgan fingerprint density at radius 2 is 2.12 bits per heavy atom. The normalized spacial score (nSPS) is 24.4. The van der Waals surface area contributed by atoms with Crippen molar-refractivity contribution in [2.24, 2.45) is 17.3 Å². The largest absolute Gasteiger partial charge is 0.466 e. The highest BCUT2D eigenvalue weighted by Gasteiger charge is 2.60. The first-order chi connectivity index (χ1) is 11.9. The maximum atomic E-state index is 14.3. The van der Waals surface area contributed by atoms with Gasteiger partial charge < -0.3 is 14.2 Å². The standard InChI is InChI=1S/C18H21FO6/c1-18(2)11(4-5-16(20)22-3)17(18)15(25-21)7-10-6-13-14(8-12(10)19)24-9-23-13/h4-6,8,11,15,17,21H,7,9H2,1-3H3/b5-4-. The molecule has 2 aliphatic rings. The molecular weight excluding hydrogens is 331 g/mol. The van der Waals surface area contributed by atoms with Gasteiger partial charge in [0.25, 0.3) is 0 Å². The van der Waals surface area contributed by atoms with Crippen LogP contribution in [0.25, 0.3) is 0 Å². The molecule has 1 aliphatic heterocycles. The number of carbonyl (C=O) groups excluding carboxylic acids is 1. The average Bonchev–Trinajstić information content (AvgIpc) is 2.91. The van der Waals surface area contributed by atoms with E-state index in [0.29, 0.717) is 17.1 Å². The number of benzene rings is 1. The molecule has 1 heterocycles. The molecule has 0 amide bonds. The van der Waals surface area contributed by atoms with Gasteiger partial charge in [0.15, 0.2) is 11.5 Å². The molecule has 0 bridgehead atoms. The molecule has 3 rings (SSSR count). The predicted molar refractivity (Wildman–Crippen MR) is 85.6 cm³/mol. The summed E-state index contributed by atoms with van der Waals surface area (Å²) < 4.78 is 29.3. The molecule has 0 aromatic heterocycles. The summed E-state index contributed by atoms with van der Waals surface area (Å²) in [7, 11) is 1.31. The molecule has 7 heteroatoms. The van der Waals surface area contributed by atoms with Crippen LogP contribution in [0.5, 0.6) is 11.5 Å². The molecule has 1 saturated carbocycles. The molecule has 1 aliphatic carbocycles. The van der Waals surface area contributed by atoms with Crippen LogP contribution in [0.3, 0.4) is 0 Å². The van der Waals surface area contributed by atoms with Crippen LogP contribution in [0.15, 0.2) is 24.3 Å². The van der Waals surface area contributed by atoms with Crippen LogP contribution < -0.4 is 9.47 Å². The Bertz CT molecular complexity index is 699. The first kappa shape index (κ1) is 17.7. The van der Waals surface area contributed by atoms with Gasteiger partial charge in [-0.25, -0.2) is 14.1 Å². The van der Waals surface area contributed by atoms with E-state index in [2.05, 4.69) is 9.62 Å². The molecule has 3 atom stereocenters. The third-order valence-electron chi connectivity index (χ3n) is 5.14. The average molecular weight is 352 g/mol. The number of hydrogen-bond donors (Lipinski definition) is 1. The van der Waals surface area contributed by atoms with E-state index in [-0.39, 0.29) is 30.5 Å². The number of methoxy groups -OCH3 is 1. The zero-order valence-electron chi connectivity index (χ0n) is 14.3. The van der Waals surface area contributed by atoms with E-state index in [1.165, 1.54) is 19.3 Å². The SMILES string of the molecule is COC(=O)/C=C\C1C(C(Cc2cc3c(cc2F)OCO3)OO)C1(C)C. The molecule has 1 aromatic rings. The summed E-state index contributed by atoms with van der Waals surface area (Å²) in [6, 6.07) is 2.84.